The van der Waals surface area contributed by atoms with Gasteiger partial charge in [0.2, 0.25) is 0 Å². The lowest BCUT2D eigenvalue weighted by Gasteiger charge is -2.37. The molecule has 2 rings (SSSR count). The van der Waals surface area contributed by atoms with Gasteiger partial charge in [-0.3, -0.25) is 9.59 Å². The number of aliphatic hydroxyl groups excluding tert-OH is 1. The molecule has 2 fully saturated rings. The highest BCUT2D eigenvalue weighted by Gasteiger charge is 2.39. The molecule has 144 valence electrons. The Kier molecular flexibility index (Phi) is 7.21. The van der Waals surface area contributed by atoms with Crippen LogP contribution >= 0.6 is 0 Å². The Labute approximate surface area is 149 Å². The van der Waals surface area contributed by atoms with E-state index in [-0.39, 0.29) is 37.3 Å². The number of methoxy groups -OCH3 is 1. The summed E-state index contributed by atoms with van der Waals surface area (Å²) < 4.78 is 28.5. The molecule has 9 heteroatoms. The highest BCUT2D eigenvalue weighted by molar-refractivity contribution is 7.91. The van der Waals surface area contributed by atoms with Gasteiger partial charge >= 0.3 is 11.8 Å². The summed E-state index contributed by atoms with van der Waals surface area (Å²) in [6, 6.07) is -0.607. The Balaban J connectivity index is 2.12. The van der Waals surface area contributed by atoms with Crippen LogP contribution in [0.5, 0.6) is 0 Å². The minimum absolute atomic E-state index is 0.0309. The highest BCUT2D eigenvalue weighted by Crippen LogP contribution is 2.22. The van der Waals surface area contributed by atoms with E-state index in [2.05, 4.69) is 0 Å². The molecule has 25 heavy (non-hydrogen) atoms. The van der Waals surface area contributed by atoms with E-state index in [4.69, 9.17) is 4.74 Å². The molecule has 0 aliphatic carbocycles. The first kappa shape index (κ1) is 20.1. The Morgan fingerprint density at radius 1 is 1.28 bits per heavy atom. The molecular formula is C16H28N2O6S. The van der Waals surface area contributed by atoms with E-state index >= 15 is 0 Å². The van der Waals surface area contributed by atoms with Crippen molar-refractivity contribution < 1.29 is 27.9 Å². The zero-order chi connectivity index (χ0) is 18.4. The molecule has 8 nitrogen and oxygen atoms in total. The third-order valence-corrected chi connectivity index (χ3v) is 6.73. The summed E-state index contributed by atoms with van der Waals surface area (Å²) in [7, 11) is -1.66. The summed E-state index contributed by atoms with van der Waals surface area (Å²) in [5, 5.41) is 9.20. The van der Waals surface area contributed by atoms with Crippen LogP contribution in [-0.2, 0) is 24.2 Å². The number of hydrogen-bond acceptors (Lipinski definition) is 6. The Bertz CT molecular complexity index is 577. The van der Waals surface area contributed by atoms with Crippen molar-refractivity contribution in [3.05, 3.63) is 0 Å². The van der Waals surface area contributed by atoms with Gasteiger partial charge in [-0.2, -0.15) is 0 Å². The standard InChI is InChI=1S/C16H28N2O6S/c1-24-10-8-18(14-6-11-25(22,23)12-14)16(21)15(20)17-7-3-2-4-13(17)5-9-19/h13-14,19H,2-12H2,1H3. The quantitative estimate of drug-likeness (QED) is 0.622. The molecule has 2 aliphatic rings. The molecule has 0 saturated carbocycles. The van der Waals surface area contributed by atoms with Gasteiger partial charge in [0.05, 0.1) is 18.1 Å². The van der Waals surface area contributed by atoms with Crippen molar-refractivity contribution in [2.24, 2.45) is 0 Å². The number of carbonyl (C=O) groups is 2. The average Bonchev–Trinajstić information content (AvgIpc) is 2.95. The first-order valence-corrected chi connectivity index (χ1v) is 10.6. The SMILES string of the molecule is COCCN(C(=O)C(=O)N1CCCCC1CCO)C1CCS(=O)(=O)C1. The predicted octanol–water partition coefficient (Wildman–Crippen LogP) is -0.588. The van der Waals surface area contributed by atoms with E-state index in [9.17, 15) is 23.1 Å². The maximum absolute atomic E-state index is 12.8. The van der Waals surface area contributed by atoms with Crippen molar-refractivity contribution in [3.63, 3.8) is 0 Å². The van der Waals surface area contributed by atoms with Crippen LogP contribution in [0, 0.1) is 0 Å². The maximum atomic E-state index is 12.8. The van der Waals surface area contributed by atoms with Gasteiger partial charge in [0.15, 0.2) is 9.84 Å². The third kappa shape index (κ3) is 5.15. The van der Waals surface area contributed by atoms with E-state index in [0.29, 0.717) is 19.4 Å². The van der Waals surface area contributed by atoms with Gasteiger partial charge in [-0.15, -0.1) is 0 Å². The molecule has 0 bridgehead atoms. The largest absolute Gasteiger partial charge is 0.396 e. The summed E-state index contributed by atoms with van der Waals surface area (Å²) in [5.41, 5.74) is 0. The molecule has 2 heterocycles. The number of rotatable bonds is 6. The lowest BCUT2D eigenvalue weighted by atomic mass is 9.99. The van der Waals surface area contributed by atoms with Gasteiger partial charge in [-0.05, 0) is 32.1 Å². The second kappa shape index (κ2) is 8.95. The number of piperidine rings is 1. The van der Waals surface area contributed by atoms with Crippen LogP contribution in [-0.4, -0.2) is 92.1 Å². The number of amides is 2. The highest BCUT2D eigenvalue weighted by atomic mass is 32.2. The average molecular weight is 376 g/mol. The minimum Gasteiger partial charge on any atom is -0.396 e. The lowest BCUT2D eigenvalue weighted by molar-refractivity contribution is -0.155. The van der Waals surface area contributed by atoms with Gasteiger partial charge in [0.1, 0.15) is 0 Å². The van der Waals surface area contributed by atoms with Crippen molar-refractivity contribution >= 4 is 21.7 Å². The summed E-state index contributed by atoms with van der Waals surface area (Å²) in [6.45, 7) is 0.905. The number of likely N-dealkylation sites (tertiary alicyclic amines) is 1. The van der Waals surface area contributed by atoms with E-state index in [1.165, 1.54) is 12.0 Å². The molecule has 0 radical (unpaired) electrons. The van der Waals surface area contributed by atoms with E-state index in [0.717, 1.165) is 19.3 Å². The van der Waals surface area contributed by atoms with E-state index in [1.807, 2.05) is 0 Å². The number of nitrogens with zero attached hydrogens (tertiary/aromatic N) is 2. The van der Waals surface area contributed by atoms with Crippen LogP contribution in [0.1, 0.15) is 32.1 Å². The number of aliphatic hydroxyl groups is 1. The Morgan fingerprint density at radius 3 is 2.64 bits per heavy atom. The van der Waals surface area contributed by atoms with Crippen molar-refractivity contribution in [1.29, 1.82) is 0 Å². The summed E-state index contributed by atoms with van der Waals surface area (Å²) in [4.78, 5) is 28.5. The first-order valence-electron chi connectivity index (χ1n) is 8.81. The van der Waals surface area contributed by atoms with Crippen LogP contribution in [0.25, 0.3) is 0 Å². The van der Waals surface area contributed by atoms with Crippen molar-refractivity contribution in [3.8, 4) is 0 Å². The van der Waals surface area contributed by atoms with Crippen LogP contribution < -0.4 is 0 Å². The molecule has 2 atom stereocenters. The molecular weight excluding hydrogens is 348 g/mol. The molecule has 2 amide bonds. The normalized spacial score (nSPS) is 25.8. The first-order chi connectivity index (χ1) is 11.9. The second-order valence-corrected chi connectivity index (χ2v) is 8.94. The smallest absolute Gasteiger partial charge is 0.312 e. The third-order valence-electron chi connectivity index (χ3n) is 4.98. The molecule has 2 saturated heterocycles. The fourth-order valence-corrected chi connectivity index (χ4v) is 5.35. The number of ether oxygens (including phenoxy) is 1. The van der Waals surface area contributed by atoms with Gasteiger partial charge in [-0.1, -0.05) is 0 Å². The number of carbonyl (C=O) groups excluding carboxylic acids is 2. The van der Waals surface area contributed by atoms with Gasteiger partial charge in [0.25, 0.3) is 0 Å². The lowest BCUT2D eigenvalue weighted by Crippen LogP contribution is -2.54. The zero-order valence-corrected chi connectivity index (χ0v) is 15.5. The zero-order valence-electron chi connectivity index (χ0n) is 14.7. The molecule has 1 N–H and O–H groups in total. The summed E-state index contributed by atoms with van der Waals surface area (Å²) in [5.74, 6) is -1.32. The predicted molar refractivity (Wildman–Crippen MR) is 91.7 cm³/mol. The number of sulfone groups is 1. The molecule has 0 spiro atoms. The van der Waals surface area contributed by atoms with Crippen LogP contribution in [0.15, 0.2) is 0 Å². The van der Waals surface area contributed by atoms with E-state index < -0.39 is 27.7 Å². The van der Waals surface area contributed by atoms with Crippen LogP contribution in [0.2, 0.25) is 0 Å². The minimum atomic E-state index is -3.16. The van der Waals surface area contributed by atoms with Crippen LogP contribution in [0.4, 0.5) is 0 Å². The Morgan fingerprint density at radius 2 is 2.04 bits per heavy atom. The van der Waals surface area contributed by atoms with Crippen molar-refractivity contribution in [2.45, 2.75) is 44.2 Å². The van der Waals surface area contributed by atoms with Gasteiger partial charge in [0, 0.05) is 38.9 Å². The fourth-order valence-electron chi connectivity index (χ4n) is 3.62. The fraction of sp³-hybridized carbons (Fsp3) is 0.875. The summed E-state index contributed by atoms with van der Waals surface area (Å²) in [6.07, 6.45) is 3.38. The van der Waals surface area contributed by atoms with E-state index in [1.54, 1.807) is 4.90 Å². The topological polar surface area (TPSA) is 104 Å². The van der Waals surface area contributed by atoms with Gasteiger partial charge in [-0.25, -0.2) is 8.42 Å². The maximum Gasteiger partial charge on any atom is 0.312 e. The van der Waals surface area contributed by atoms with Crippen molar-refractivity contribution in [2.75, 3.05) is 44.9 Å². The number of hydrogen-bond donors (Lipinski definition) is 1. The van der Waals surface area contributed by atoms with Crippen LogP contribution in [0.3, 0.4) is 0 Å². The van der Waals surface area contributed by atoms with Gasteiger partial charge < -0.3 is 19.6 Å². The second-order valence-electron chi connectivity index (χ2n) is 6.71. The Hall–Kier alpha value is -1.19. The monoisotopic (exact) mass is 376 g/mol. The molecule has 0 aromatic heterocycles. The molecule has 2 unspecified atom stereocenters. The molecule has 2 aliphatic heterocycles. The summed E-state index contributed by atoms with van der Waals surface area (Å²) >= 11 is 0. The molecule has 0 aromatic rings. The molecule has 0 aromatic carbocycles. The van der Waals surface area contributed by atoms with Crippen molar-refractivity contribution in [1.82, 2.24) is 9.80 Å².